The van der Waals surface area contributed by atoms with Crippen LogP contribution >= 0.6 is 9.39 Å². The fraction of sp³-hybridized carbons (Fsp3) is 0.889. The summed E-state index contributed by atoms with van der Waals surface area (Å²) in [7, 11) is 3.71. The Morgan fingerprint density at radius 2 is 2.12 bits per heavy atom. The second-order valence-corrected chi connectivity index (χ2v) is 4.44. The molecule has 0 saturated heterocycles. The first-order valence-corrected chi connectivity index (χ1v) is 6.04. The smallest absolute Gasteiger partial charge is 0.321 e. The number of carbonyl (C=O) groups excluding carboxylic acids is 1. The van der Waals surface area contributed by atoms with Crippen molar-refractivity contribution >= 4 is 22.2 Å². The van der Waals surface area contributed by atoms with Crippen LogP contribution in [0.1, 0.15) is 12.8 Å². The van der Waals surface area contributed by atoms with Crippen LogP contribution in [0.25, 0.3) is 0 Å². The summed E-state index contributed by atoms with van der Waals surface area (Å²) in [5.74, 6) is -0.278. The maximum atomic E-state index is 11.4. The minimum atomic E-state index is -0.446. The van der Waals surface area contributed by atoms with E-state index in [1.54, 1.807) is 0 Å². The van der Waals surface area contributed by atoms with E-state index in [2.05, 4.69) is 19.7 Å². The van der Waals surface area contributed by atoms with Crippen LogP contribution in [0, 0.1) is 0 Å². The molecule has 0 aromatic carbocycles. The molecule has 0 fully saturated rings. The van der Waals surface area contributed by atoms with Crippen LogP contribution in [0.4, 0.5) is 0 Å². The van der Waals surface area contributed by atoms with E-state index in [0.717, 1.165) is 0 Å². The number of carbonyl (C=O) groups is 1. The van der Waals surface area contributed by atoms with Gasteiger partial charge in [-0.25, -0.2) is 0 Å². The maximum absolute atomic E-state index is 11.4. The van der Waals surface area contributed by atoms with Crippen molar-refractivity contribution in [1.82, 2.24) is 10.3 Å². The molecule has 0 spiro atoms. The van der Waals surface area contributed by atoms with E-state index in [0.29, 0.717) is 19.4 Å². The summed E-state index contributed by atoms with van der Waals surface area (Å²) in [6.45, 7) is 4.65. The third kappa shape index (κ3) is 7.17. The predicted molar refractivity (Wildman–Crippen MR) is 69.4 cm³/mol. The third-order valence-corrected chi connectivity index (χ3v) is 2.40. The highest BCUT2D eigenvalue weighted by molar-refractivity contribution is 7.13. The summed E-state index contributed by atoms with van der Waals surface area (Å²) in [4.78, 5) is 11.4. The second-order valence-electron chi connectivity index (χ2n) is 4.04. The fourth-order valence-electron chi connectivity index (χ4n) is 1.41. The Kier molecular flexibility index (Phi) is 8.85. The molecule has 5 nitrogen and oxygen atoms in total. The van der Waals surface area contributed by atoms with E-state index in [1.807, 2.05) is 13.6 Å². The normalized spacial score (nSPS) is 14.3. The lowest BCUT2D eigenvalue weighted by Gasteiger charge is -2.19. The molecule has 0 rings (SSSR count). The molecule has 0 aromatic heterocycles. The highest BCUT2D eigenvalue weighted by Gasteiger charge is 2.21. The molecule has 0 aliphatic rings. The number of ether oxygens (including phenoxy) is 1. The zero-order valence-corrected chi connectivity index (χ0v) is 11.3. The number of esters is 1. The van der Waals surface area contributed by atoms with Crippen molar-refractivity contribution < 1.29 is 14.6 Å². The van der Waals surface area contributed by atoms with Crippen LogP contribution in [0.3, 0.4) is 0 Å². The average molecular weight is 248 g/mol. The Labute approximate surface area is 100 Å². The van der Waals surface area contributed by atoms with Gasteiger partial charge in [0.05, 0.1) is 19.3 Å². The Bertz CT molecular complexity index is 207. The third-order valence-electron chi connectivity index (χ3n) is 2.16. The summed E-state index contributed by atoms with van der Waals surface area (Å²) in [6, 6.07) is -0.343. The van der Waals surface area contributed by atoms with Crippen LogP contribution in [0.5, 0.6) is 0 Å². The Balaban J connectivity index is 4.05. The van der Waals surface area contributed by atoms with Gasteiger partial charge in [-0.15, -0.1) is 0 Å². The molecule has 0 bridgehead atoms. The lowest BCUT2D eigenvalue weighted by Crippen LogP contribution is -2.44. The number of hydrogen-bond acceptors (Lipinski definition) is 5. The van der Waals surface area contributed by atoms with Crippen molar-refractivity contribution in [2.45, 2.75) is 38.6 Å². The molecule has 16 heavy (non-hydrogen) atoms. The van der Waals surface area contributed by atoms with E-state index in [-0.39, 0.29) is 18.9 Å². The Morgan fingerprint density at radius 1 is 1.50 bits per heavy atom. The zero-order chi connectivity index (χ0) is 12.6. The van der Waals surface area contributed by atoms with E-state index < -0.39 is 6.10 Å². The quantitative estimate of drug-likeness (QED) is 0.317. The first kappa shape index (κ1) is 15.8. The topological polar surface area (TPSA) is 70.6 Å². The molecular weight excluding hydrogens is 226 g/mol. The van der Waals surface area contributed by atoms with Crippen molar-refractivity contribution in [3.63, 3.8) is 0 Å². The lowest BCUT2D eigenvalue weighted by atomic mass is 9.68. The largest absolute Gasteiger partial charge is 0.468 e. The number of rotatable bonds is 8. The molecule has 0 aliphatic carbocycles. The van der Waals surface area contributed by atoms with E-state index in [1.165, 1.54) is 7.11 Å². The average Bonchev–Trinajstić information content (AvgIpc) is 2.23. The summed E-state index contributed by atoms with van der Waals surface area (Å²) in [6.07, 6.45) is 0.679. The highest BCUT2D eigenvalue weighted by atomic mass is 31.0. The van der Waals surface area contributed by atoms with Crippen LogP contribution in [0.2, 0.25) is 13.6 Å². The van der Waals surface area contributed by atoms with Gasteiger partial charge in [-0.1, -0.05) is 23.0 Å². The lowest BCUT2D eigenvalue weighted by molar-refractivity contribution is -0.142. The minimum Gasteiger partial charge on any atom is -0.468 e. The van der Waals surface area contributed by atoms with Gasteiger partial charge in [-0.3, -0.25) is 9.88 Å². The molecule has 0 saturated carbocycles. The number of aliphatic hydroxyl groups excluding tert-OH is 1. The molecule has 0 amide bonds. The van der Waals surface area contributed by atoms with Gasteiger partial charge in [0.15, 0.2) is 0 Å². The second kappa shape index (κ2) is 8.94. The minimum absolute atomic E-state index is 0.209. The first-order valence-electron chi connectivity index (χ1n) is 5.46. The molecule has 3 N–H and O–H groups in total. The van der Waals surface area contributed by atoms with Crippen molar-refractivity contribution in [2.24, 2.45) is 0 Å². The van der Waals surface area contributed by atoms with Gasteiger partial charge >= 0.3 is 5.97 Å². The molecule has 94 valence electrons. The van der Waals surface area contributed by atoms with Gasteiger partial charge in [0.25, 0.3) is 0 Å². The molecule has 0 heterocycles. The van der Waals surface area contributed by atoms with Crippen LogP contribution in [-0.4, -0.2) is 43.7 Å². The SMILES string of the molecule is COC(=O)C(CCC(O)CNP)NB(C)C. The summed E-state index contributed by atoms with van der Waals surface area (Å²) < 4.78 is 4.70. The predicted octanol–water partition coefficient (Wildman–Crippen LogP) is -0.111. The molecular formula is C9H22BN2O3P. The van der Waals surface area contributed by atoms with Gasteiger partial charge in [0.1, 0.15) is 0 Å². The van der Waals surface area contributed by atoms with Crippen molar-refractivity contribution in [3.8, 4) is 0 Å². The Hall–Kier alpha value is -0.155. The number of methoxy groups -OCH3 is 1. The van der Waals surface area contributed by atoms with Gasteiger partial charge in [0, 0.05) is 6.54 Å². The fourth-order valence-corrected chi connectivity index (χ4v) is 1.68. The molecule has 7 heteroatoms. The Morgan fingerprint density at radius 3 is 2.56 bits per heavy atom. The van der Waals surface area contributed by atoms with E-state index in [9.17, 15) is 9.90 Å². The molecule has 0 aliphatic heterocycles. The number of hydrogen-bond donors (Lipinski definition) is 3. The van der Waals surface area contributed by atoms with Crippen LogP contribution in [0.15, 0.2) is 0 Å². The van der Waals surface area contributed by atoms with Crippen LogP contribution in [-0.2, 0) is 9.53 Å². The molecule has 0 aromatic rings. The monoisotopic (exact) mass is 248 g/mol. The van der Waals surface area contributed by atoms with Gasteiger partial charge in [-0.2, -0.15) is 0 Å². The van der Waals surface area contributed by atoms with Crippen LogP contribution < -0.4 is 10.3 Å². The number of nitrogens with one attached hydrogen (secondary N) is 2. The van der Waals surface area contributed by atoms with Crippen molar-refractivity contribution in [3.05, 3.63) is 0 Å². The zero-order valence-electron chi connectivity index (χ0n) is 10.2. The first-order chi connectivity index (χ1) is 7.51. The summed E-state index contributed by atoms with van der Waals surface area (Å²) >= 11 is 0. The van der Waals surface area contributed by atoms with Crippen molar-refractivity contribution in [2.75, 3.05) is 13.7 Å². The van der Waals surface area contributed by atoms with Crippen molar-refractivity contribution in [1.29, 1.82) is 0 Å². The van der Waals surface area contributed by atoms with E-state index >= 15 is 0 Å². The van der Waals surface area contributed by atoms with E-state index in [4.69, 9.17) is 4.74 Å². The molecule has 3 unspecified atom stereocenters. The molecule has 0 radical (unpaired) electrons. The number of aliphatic hydroxyl groups is 1. The van der Waals surface area contributed by atoms with Gasteiger partial charge in [0.2, 0.25) is 6.85 Å². The maximum Gasteiger partial charge on any atom is 0.321 e. The summed E-state index contributed by atoms with van der Waals surface area (Å²) in [5.41, 5.74) is 0. The summed E-state index contributed by atoms with van der Waals surface area (Å²) in [5, 5.41) is 15.5. The van der Waals surface area contributed by atoms with Gasteiger partial charge < -0.3 is 15.1 Å². The highest BCUT2D eigenvalue weighted by Crippen LogP contribution is 2.04. The standard InChI is InChI=1S/C9H22BN2O3P/c1-10(2)12-8(9(14)15-3)5-4-7(13)6-11-16/h7-8,11-13H,4-6,16H2,1-3H3. The molecule has 3 atom stereocenters. The van der Waals surface area contributed by atoms with Gasteiger partial charge in [-0.05, 0) is 12.8 Å².